The molecule has 2 atom stereocenters. The number of carbonyl (C=O) groups excluding carboxylic acids is 1. The van der Waals surface area contributed by atoms with Gasteiger partial charge in [-0.2, -0.15) is 0 Å². The second-order valence-corrected chi connectivity index (χ2v) is 5.08. The van der Waals surface area contributed by atoms with Crippen LogP contribution in [0.3, 0.4) is 0 Å². The minimum atomic E-state index is -0.230. The molecule has 0 spiro atoms. The molecule has 18 heavy (non-hydrogen) atoms. The molecule has 0 aromatic carbocycles. The van der Waals surface area contributed by atoms with Crippen LogP contribution in [0.2, 0.25) is 0 Å². The van der Waals surface area contributed by atoms with Crippen LogP contribution in [-0.2, 0) is 0 Å². The number of nitrogens with two attached hydrogens (primary N) is 1. The first kappa shape index (κ1) is 13.1. The minimum Gasteiger partial charge on any atom is -0.446 e. The van der Waals surface area contributed by atoms with E-state index in [1.807, 2.05) is 11.8 Å². The van der Waals surface area contributed by atoms with Gasteiger partial charge in [-0.3, -0.25) is 4.79 Å². The summed E-state index contributed by atoms with van der Waals surface area (Å²) in [7, 11) is 0. The molecule has 0 aliphatic carbocycles. The van der Waals surface area contributed by atoms with Crippen molar-refractivity contribution in [3.8, 4) is 0 Å². The smallest absolute Gasteiger partial charge is 0.275 e. The van der Waals surface area contributed by atoms with Crippen LogP contribution in [0.25, 0.3) is 0 Å². The number of oxazole rings is 1. The van der Waals surface area contributed by atoms with E-state index in [1.165, 1.54) is 12.7 Å². The fourth-order valence-electron chi connectivity index (χ4n) is 2.27. The van der Waals surface area contributed by atoms with Crippen LogP contribution in [-0.4, -0.2) is 28.9 Å². The first-order chi connectivity index (χ1) is 8.61. The van der Waals surface area contributed by atoms with Crippen molar-refractivity contribution in [3.05, 3.63) is 17.8 Å². The number of likely N-dealkylation sites (tertiary alicyclic amines) is 1. The second-order valence-electron chi connectivity index (χ2n) is 5.08. The van der Waals surface area contributed by atoms with Gasteiger partial charge in [-0.15, -0.1) is 0 Å². The van der Waals surface area contributed by atoms with Crippen molar-refractivity contribution in [1.82, 2.24) is 9.88 Å². The van der Waals surface area contributed by atoms with Gasteiger partial charge in [0.1, 0.15) is 6.26 Å². The standard InChI is InChI=1S/C13H21N3O2/c1-3-10(14)12-15-11(8-18-12)13(17)16-6-4-5-9(2)7-16/h8-10H,3-7,14H2,1-2H3. The molecule has 1 aliphatic heterocycles. The Morgan fingerprint density at radius 3 is 3.17 bits per heavy atom. The Morgan fingerprint density at radius 2 is 2.50 bits per heavy atom. The molecule has 2 heterocycles. The van der Waals surface area contributed by atoms with Gasteiger partial charge in [0.15, 0.2) is 5.69 Å². The topological polar surface area (TPSA) is 72.4 Å². The Morgan fingerprint density at radius 1 is 1.72 bits per heavy atom. The average Bonchev–Trinajstić information content (AvgIpc) is 2.86. The van der Waals surface area contributed by atoms with E-state index in [2.05, 4.69) is 11.9 Å². The largest absolute Gasteiger partial charge is 0.446 e. The molecule has 1 aromatic rings. The van der Waals surface area contributed by atoms with E-state index in [4.69, 9.17) is 10.2 Å². The van der Waals surface area contributed by atoms with Crippen LogP contribution in [0.5, 0.6) is 0 Å². The van der Waals surface area contributed by atoms with E-state index in [0.29, 0.717) is 17.5 Å². The number of hydrogen-bond acceptors (Lipinski definition) is 4. The molecule has 1 saturated heterocycles. The molecular formula is C13H21N3O2. The van der Waals surface area contributed by atoms with Gasteiger partial charge >= 0.3 is 0 Å². The molecule has 1 aliphatic rings. The van der Waals surface area contributed by atoms with Crippen LogP contribution in [0, 0.1) is 5.92 Å². The Balaban J connectivity index is 2.06. The number of aromatic nitrogens is 1. The zero-order chi connectivity index (χ0) is 13.1. The summed E-state index contributed by atoms with van der Waals surface area (Å²) in [6.45, 7) is 5.75. The third kappa shape index (κ3) is 2.72. The number of piperidine rings is 1. The van der Waals surface area contributed by atoms with Gasteiger partial charge in [0.2, 0.25) is 5.89 Å². The molecule has 0 saturated carbocycles. The molecule has 0 radical (unpaired) electrons. The van der Waals surface area contributed by atoms with Gasteiger partial charge in [0.25, 0.3) is 5.91 Å². The minimum absolute atomic E-state index is 0.0418. The van der Waals surface area contributed by atoms with Gasteiger partial charge in [0, 0.05) is 13.1 Å². The quantitative estimate of drug-likeness (QED) is 0.891. The molecule has 100 valence electrons. The summed E-state index contributed by atoms with van der Waals surface area (Å²) in [5.74, 6) is 0.970. The maximum absolute atomic E-state index is 12.2. The summed E-state index contributed by atoms with van der Waals surface area (Å²) in [4.78, 5) is 18.3. The lowest BCUT2D eigenvalue weighted by Gasteiger charge is -2.30. The third-order valence-corrected chi connectivity index (χ3v) is 3.44. The Bertz CT molecular complexity index is 416. The molecule has 1 aromatic heterocycles. The van der Waals surface area contributed by atoms with E-state index in [-0.39, 0.29) is 11.9 Å². The fourth-order valence-corrected chi connectivity index (χ4v) is 2.27. The Hall–Kier alpha value is -1.36. The highest BCUT2D eigenvalue weighted by Gasteiger charge is 2.25. The van der Waals surface area contributed by atoms with E-state index in [9.17, 15) is 4.79 Å². The predicted molar refractivity (Wildman–Crippen MR) is 68.0 cm³/mol. The van der Waals surface area contributed by atoms with Gasteiger partial charge in [-0.25, -0.2) is 4.98 Å². The average molecular weight is 251 g/mol. The van der Waals surface area contributed by atoms with Gasteiger partial charge in [-0.1, -0.05) is 13.8 Å². The Kier molecular flexibility index (Phi) is 4.01. The van der Waals surface area contributed by atoms with E-state index >= 15 is 0 Å². The van der Waals surface area contributed by atoms with Crippen LogP contribution in [0.15, 0.2) is 10.7 Å². The van der Waals surface area contributed by atoms with Gasteiger partial charge in [-0.05, 0) is 25.2 Å². The highest BCUT2D eigenvalue weighted by molar-refractivity contribution is 5.92. The lowest BCUT2D eigenvalue weighted by molar-refractivity contribution is 0.0677. The third-order valence-electron chi connectivity index (χ3n) is 3.44. The monoisotopic (exact) mass is 251 g/mol. The van der Waals surface area contributed by atoms with Gasteiger partial charge in [0.05, 0.1) is 6.04 Å². The highest BCUT2D eigenvalue weighted by Crippen LogP contribution is 2.19. The predicted octanol–water partition coefficient (Wildman–Crippen LogP) is 1.96. The SMILES string of the molecule is CCC(N)c1nc(C(=O)N2CCCC(C)C2)co1. The first-order valence-electron chi connectivity index (χ1n) is 6.62. The summed E-state index contributed by atoms with van der Waals surface area (Å²) in [6.07, 6.45) is 4.42. The van der Waals surface area contributed by atoms with Gasteiger partial charge < -0.3 is 15.1 Å². The molecule has 2 rings (SSSR count). The zero-order valence-electron chi connectivity index (χ0n) is 11.1. The molecule has 2 unspecified atom stereocenters. The number of carbonyl (C=O) groups is 1. The molecule has 2 N–H and O–H groups in total. The van der Waals surface area contributed by atoms with Crippen molar-refractivity contribution >= 4 is 5.91 Å². The molecule has 0 bridgehead atoms. The molecular weight excluding hydrogens is 230 g/mol. The van der Waals surface area contributed by atoms with Crippen molar-refractivity contribution in [2.24, 2.45) is 11.7 Å². The highest BCUT2D eigenvalue weighted by atomic mass is 16.3. The van der Waals surface area contributed by atoms with Crippen LogP contribution >= 0.6 is 0 Å². The number of rotatable bonds is 3. The van der Waals surface area contributed by atoms with Crippen LogP contribution < -0.4 is 5.73 Å². The molecule has 1 amide bonds. The lowest BCUT2D eigenvalue weighted by Crippen LogP contribution is -2.39. The normalized spacial score (nSPS) is 21.9. The lowest BCUT2D eigenvalue weighted by atomic mass is 10.0. The number of nitrogens with zero attached hydrogens (tertiary/aromatic N) is 2. The maximum atomic E-state index is 12.2. The van der Waals surface area contributed by atoms with Crippen molar-refractivity contribution in [1.29, 1.82) is 0 Å². The van der Waals surface area contributed by atoms with Crippen molar-refractivity contribution in [2.75, 3.05) is 13.1 Å². The van der Waals surface area contributed by atoms with Crippen molar-refractivity contribution in [2.45, 2.75) is 39.2 Å². The number of amides is 1. The van der Waals surface area contributed by atoms with Crippen molar-refractivity contribution < 1.29 is 9.21 Å². The van der Waals surface area contributed by atoms with Crippen LogP contribution in [0.4, 0.5) is 0 Å². The molecule has 5 nitrogen and oxygen atoms in total. The second kappa shape index (κ2) is 5.52. The number of hydrogen-bond donors (Lipinski definition) is 1. The van der Waals surface area contributed by atoms with Crippen molar-refractivity contribution in [3.63, 3.8) is 0 Å². The Labute approximate surface area is 107 Å². The van der Waals surface area contributed by atoms with E-state index in [0.717, 1.165) is 25.9 Å². The molecule has 1 fully saturated rings. The summed E-state index contributed by atoms with van der Waals surface area (Å²) in [5, 5.41) is 0. The van der Waals surface area contributed by atoms with E-state index in [1.54, 1.807) is 0 Å². The zero-order valence-corrected chi connectivity index (χ0v) is 11.1. The van der Waals surface area contributed by atoms with E-state index < -0.39 is 0 Å². The summed E-state index contributed by atoms with van der Waals surface area (Å²) >= 11 is 0. The summed E-state index contributed by atoms with van der Waals surface area (Å²) in [5.41, 5.74) is 6.20. The summed E-state index contributed by atoms with van der Waals surface area (Å²) in [6, 6.07) is -0.230. The fraction of sp³-hybridized carbons (Fsp3) is 0.692. The first-order valence-corrected chi connectivity index (χ1v) is 6.62. The summed E-state index contributed by atoms with van der Waals surface area (Å²) < 4.78 is 5.27. The maximum Gasteiger partial charge on any atom is 0.275 e. The molecule has 5 heteroatoms. The van der Waals surface area contributed by atoms with Crippen LogP contribution in [0.1, 0.15) is 55.5 Å².